The van der Waals surface area contributed by atoms with Crippen LogP contribution in [0.15, 0.2) is 42.5 Å². The predicted octanol–water partition coefficient (Wildman–Crippen LogP) is 3.67. The Bertz CT molecular complexity index is 1210. The van der Waals surface area contributed by atoms with E-state index in [2.05, 4.69) is 15.7 Å². The van der Waals surface area contributed by atoms with Crippen LogP contribution in [-0.2, 0) is 11.8 Å². The lowest BCUT2D eigenvalue weighted by Gasteiger charge is -2.33. The minimum atomic E-state index is -0.869. The lowest BCUT2D eigenvalue weighted by atomic mass is 9.81. The van der Waals surface area contributed by atoms with Crippen molar-refractivity contribution in [3.05, 3.63) is 69.9 Å². The number of methoxy groups -OCH3 is 1. The minimum Gasteiger partial charge on any atom is -0.493 e. The Morgan fingerprint density at radius 2 is 1.94 bits per heavy atom. The Hall–Kier alpha value is -3.52. The first kappa shape index (κ1) is 22.7. The molecule has 0 radical (unpaired) electrons. The molecular weight excluding hydrogens is 444 g/mol. The van der Waals surface area contributed by atoms with E-state index in [0.29, 0.717) is 34.5 Å². The largest absolute Gasteiger partial charge is 0.493 e. The maximum Gasteiger partial charge on any atom is 0.251 e. The molecule has 1 aliphatic rings. The maximum atomic E-state index is 13.2. The van der Waals surface area contributed by atoms with E-state index < -0.39 is 12.0 Å². The van der Waals surface area contributed by atoms with E-state index >= 15 is 0 Å². The molecule has 9 heteroatoms. The Balaban J connectivity index is 1.80. The third-order valence-electron chi connectivity index (χ3n) is 5.68. The number of halogens is 1. The fraction of sp³-hybridized carbons (Fsp3) is 0.292. The van der Waals surface area contributed by atoms with E-state index in [4.69, 9.17) is 21.1 Å². The molecule has 0 spiro atoms. The second kappa shape index (κ2) is 9.15. The van der Waals surface area contributed by atoms with Crippen molar-refractivity contribution in [2.24, 2.45) is 7.05 Å². The van der Waals surface area contributed by atoms with Gasteiger partial charge >= 0.3 is 0 Å². The summed E-state index contributed by atoms with van der Waals surface area (Å²) in [7, 11) is 3.35. The molecule has 1 aromatic heterocycles. The van der Waals surface area contributed by atoms with Gasteiger partial charge in [-0.25, -0.2) is 0 Å². The monoisotopic (exact) mass is 468 g/mol. The van der Waals surface area contributed by atoms with Crippen LogP contribution in [0.3, 0.4) is 0 Å². The highest BCUT2D eigenvalue weighted by atomic mass is 35.5. The Labute approximate surface area is 196 Å². The van der Waals surface area contributed by atoms with Gasteiger partial charge in [-0.05, 0) is 55.8 Å². The number of nitrogens with zero attached hydrogens (tertiary/aromatic N) is 2. The first-order valence-electron chi connectivity index (χ1n) is 10.6. The number of anilines is 1. The van der Waals surface area contributed by atoms with Gasteiger partial charge in [0, 0.05) is 29.1 Å². The highest BCUT2D eigenvalue weighted by Gasteiger charge is 2.41. The van der Waals surface area contributed by atoms with Crippen molar-refractivity contribution in [3.63, 3.8) is 0 Å². The average molecular weight is 469 g/mol. The Morgan fingerprint density at radius 1 is 1.21 bits per heavy atom. The predicted molar refractivity (Wildman–Crippen MR) is 125 cm³/mol. The maximum absolute atomic E-state index is 13.2. The van der Waals surface area contributed by atoms with Crippen molar-refractivity contribution in [1.82, 2.24) is 15.1 Å². The van der Waals surface area contributed by atoms with E-state index in [1.165, 1.54) is 0 Å². The number of aryl methyl sites for hydroxylation is 2. The zero-order valence-corrected chi connectivity index (χ0v) is 19.6. The number of benzene rings is 2. The van der Waals surface area contributed by atoms with Gasteiger partial charge in [-0.1, -0.05) is 17.7 Å². The number of ether oxygens (including phenoxy) is 2. The summed E-state index contributed by atoms with van der Waals surface area (Å²) in [4.78, 5) is 26.2. The average Bonchev–Trinajstić information content (AvgIpc) is 3.07. The molecule has 172 valence electrons. The molecule has 4 rings (SSSR count). The first-order valence-corrected chi connectivity index (χ1v) is 10.9. The van der Waals surface area contributed by atoms with E-state index in [0.717, 1.165) is 16.8 Å². The molecular formula is C24H25ClN4O4. The Morgan fingerprint density at radius 3 is 2.61 bits per heavy atom. The summed E-state index contributed by atoms with van der Waals surface area (Å²) in [6.07, 6.45) is 0. The van der Waals surface area contributed by atoms with Crippen LogP contribution in [0.4, 0.5) is 5.82 Å². The number of carbonyl (C=O) groups is 2. The van der Waals surface area contributed by atoms with Crippen molar-refractivity contribution in [2.75, 3.05) is 19.0 Å². The van der Waals surface area contributed by atoms with E-state index in [1.807, 2.05) is 26.0 Å². The van der Waals surface area contributed by atoms with Crippen LogP contribution in [0.1, 0.15) is 40.0 Å². The summed E-state index contributed by atoms with van der Waals surface area (Å²) in [5.74, 6) is 0.573. The second-order valence-electron chi connectivity index (χ2n) is 7.74. The van der Waals surface area contributed by atoms with Crippen LogP contribution < -0.4 is 20.1 Å². The van der Waals surface area contributed by atoms with Crippen LogP contribution in [0, 0.1) is 6.92 Å². The molecule has 0 unspecified atom stereocenters. The molecule has 0 saturated heterocycles. The van der Waals surface area contributed by atoms with Gasteiger partial charge in [-0.3, -0.25) is 14.3 Å². The van der Waals surface area contributed by atoms with Crippen LogP contribution in [0.25, 0.3) is 0 Å². The van der Waals surface area contributed by atoms with Gasteiger partial charge in [0.2, 0.25) is 5.91 Å². The number of aromatic nitrogens is 2. The lowest BCUT2D eigenvalue weighted by molar-refractivity contribution is -0.118. The fourth-order valence-corrected chi connectivity index (χ4v) is 4.32. The highest BCUT2D eigenvalue weighted by Crippen LogP contribution is 2.41. The van der Waals surface area contributed by atoms with Gasteiger partial charge in [0.15, 0.2) is 11.5 Å². The summed E-state index contributed by atoms with van der Waals surface area (Å²) in [6.45, 7) is 4.23. The Kier molecular flexibility index (Phi) is 6.29. The summed E-state index contributed by atoms with van der Waals surface area (Å²) in [5, 5.41) is 10.8. The first-order chi connectivity index (χ1) is 15.8. The molecule has 0 fully saturated rings. The highest BCUT2D eigenvalue weighted by molar-refractivity contribution is 6.30. The molecule has 8 nitrogen and oxygen atoms in total. The zero-order valence-electron chi connectivity index (χ0n) is 18.8. The second-order valence-corrected chi connectivity index (χ2v) is 8.18. The van der Waals surface area contributed by atoms with E-state index in [-0.39, 0.29) is 11.8 Å². The molecule has 2 N–H and O–H groups in total. The summed E-state index contributed by atoms with van der Waals surface area (Å²) < 4.78 is 12.8. The van der Waals surface area contributed by atoms with Gasteiger partial charge in [0.05, 0.1) is 19.4 Å². The van der Waals surface area contributed by atoms with E-state index in [9.17, 15) is 9.59 Å². The van der Waals surface area contributed by atoms with Crippen molar-refractivity contribution in [1.29, 1.82) is 0 Å². The molecule has 2 heterocycles. The van der Waals surface area contributed by atoms with Crippen LogP contribution in [0.5, 0.6) is 11.5 Å². The SMILES string of the molecule is CCOc1cc([C@@H]2c3c(C)nn(C)c3NC(=O)[C@H]2NC(=O)c2ccc(Cl)cc2)ccc1OC. The van der Waals surface area contributed by atoms with Crippen molar-refractivity contribution in [2.45, 2.75) is 25.8 Å². The smallest absolute Gasteiger partial charge is 0.251 e. The summed E-state index contributed by atoms with van der Waals surface area (Å²) in [5.41, 5.74) is 2.81. The van der Waals surface area contributed by atoms with Crippen molar-refractivity contribution < 1.29 is 19.1 Å². The molecule has 2 aromatic carbocycles. The number of amides is 2. The number of hydrogen-bond donors (Lipinski definition) is 2. The molecule has 0 saturated carbocycles. The van der Waals surface area contributed by atoms with Gasteiger partial charge < -0.3 is 20.1 Å². The van der Waals surface area contributed by atoms with Crippen molar-refractivity contribution in [3.8, 4) is 11.5 Å². The molecule has 3 aromatic rings. The topological polar surface area (TPSA) is 94.5 Å². The van der Waals surface area contributed by atoms with Crippen LogP contribution in [0.2, 0.25) is 5.02 Å². The molecule has 0 bridgehead atoms. The molecule has 2 atom stereocenters. The fourth-order valence-electron chi connectivity index (χ4n) is 4.20. The number of hydrogen-bond acceptors (Lipinski definition) is 5. The summed E-state index contributed by atoms with van der Waals surface area (Å²) >= 11 is 5.95. The van der Waals surface area contributed by atoms with Crippen LogP contribution in [-0.4, -0.2) is 41.4 Å². The molecule has 2 amide bonds. The quantitative estimate of drug-likeness (QED) is 0.575. The number of rotatable bonds is 6. The lowest BCUT2D eigenvalue weighted by Crippen LogP contribution is -2.50. The van der Waals surface area contributed by atoms with Gasteiger partial charge in [-0.2, -0.15) is 5.10 Å². The van der Waals surface area contributed by atoms with Crippen LogP contribution >= 0.6 is 11.6 Å². The van der Waals surface area contributed by atoms with Crippen molar-refractivity contribution >= 4 is 29.2 Å². The number of carbonyl (C=O) groups excluding carboxylic acids is 2. The molecule has 0 aliphatic carbocycles. The standard InChI is InChI=1S/C24H25ClN4O4/c1-5-33-18-12-15(8-11-17(18)32-4)20-19-13(2)28-29(3)22(19)27-24(31)21(20)26-23(30)14-6-9-16(25)10-7-14/h6-12,20-21H,5H2,1-4H3,(H,26,30)(H,27,31)/t20-,21+/m1/s1. The van der Waals surface area contributed by atoms with Gasteiger partial charge in [-0.15, -0.1) is 0 Å². The third-order valence-corrected chi connectivity index (χ3v) is 5.93. The van der Waals surface area contributed by atoms with E-state index in [1.54, 1.807) is 49.2 Å². The normalized spacial score (nSPS) is 17.2. The number of nitrogens with one attached hydrogen (secondary N) is 2. The zero-order chi connectivity index (χ0) is 23.7. The minimum absolute atomic E-state index is 0.327. The molecule has 1 aliphatic heterocycles. The van der Waals surface area contributed by atoms with Gasteiger partial charge in [0.1, 0.15) is 11.9 Å². The molecule has 33 heavy (non-hydrogen) atoms. The summed E-state index contributed by atoms with van der Waals surface area (Å²) in [6, 6.07) is 11.2. The third kappa shape index (κ3) is 4.26. The number of fused-ring (bicyclic) bond motifs is 1. The van der Waals surface area contributed by atoms with Gasteiger partial charge in [0.25, 0.3) is 5.91 Å².